The fourth-order valence-corrected chi connectivity index (χ4v) is 1.83. The summed E-state index contributed by atoms with van der Waals surface area (Å²) in [6, 6.07) is 12.7. The van der Waals surface area contributed by atoms with Gasteiger partial charge in [-0.1, -0.05) is 12.1 Å². The van der Waals surface area contributed by atoms with Gasteiger partial charge in [0.05, 0.1) is 0 Å². The van der Waals surface area contributed by atoms with Crippen molar-refractivity contribution in [3.05, 3.63) is 59.5 Å². The Morgan fingerprint density at radius 3 is 2.82 bits per heavy atom. The molecule has 6 heteroatoms. The van der Waals surface area contributed by atoms with E-state index in [1.807, 2.05) is 6.07 Å². The Balaban J connectivity index is 1.71. The first-order valence-corrected chi connectivity index (χ1v) is 6.84. The molecule has 1 amide bonds. The molecule has 0 aliphatic rings. The lowest BCUT2D eigenvalue weighted by atomic mass is 10.2. The zero-order chi connectivity index (χ0) is 15.8. The molecule has 2 rings (SSSR count). The lowest BCUT2D eigenvalue weighted by Crippen LogP contribution is -2.25. The number of aromatic nitrogens is 1. The second kappa shape index (κ2) is 7.74. The summed E-state index contributed by atoms with van der Waals surface area (Å²) in [4.78, 5) is 15.8. The van der Waals surface area contributed by atoms with Crippen LogP contribution in [0.5, 0.6) is 0 Å². The molecule has 1 aromatic carbocycles. The average Bonchev–Trinajstić information content (AvgIpc) is 2.54. The molecule has 0 aliphatic carbocycles. The summed E-state index contributed by atoms with van der Waals surface area (Å²) in [7, 11) is 0. The fourth-order valence-electron chi connectivity index (χ4n) is 1.83. The number of carbonyl (C=O) groups is 1. The van der Waals surface area contributed by atoms with E-state index in [9.17, 15) is 9.18 Å². The van der Waals surface area contributed by atoms with Gasteiger partial charge in [0, 0.05) is 18.7 Å². The van der Waals surface area contributed by atoms with E-state index in [1.54, 1.807) is 24.3 Å². The molecule has 2 aromatic rings. The summed E-state index contributed by atoms with van der Waals surface area (Å²) in [6.07, 6.45) is 0.680. The van der Waals surface area contributed by atoms with Crippen LogP contribution in [-0.4, -0.2) is 24.0 Å². The molecular formula is C16H15FN4O. The number of anilines is 1. The topological polar surface area (TPSA) is 77.8 Å². The number of nitrogens with zero attached hydrogens (tertiary/aromatic N) is 2. The Morgan fingerprint density at radius 2 is 2.05 bits per heavy atom. The predicted octanol–water partition coefficient (Wildman–Crippen LogP) is 2.32. The Morgan fingerprint density at radius 1 is 1.23 bits per heavy atom. The van der Waals surface area contributed by atoms with Gasteiger partial charge in [-0.2, -0.15) is 5.26 Å². The number of nitriles is 1. The van der Waals surface area contributed by atoms with Gasteiger partial charge < -0.3 is 10.6 Å². The van der Waals surface area contributed by atoms with Crippen molar-refractivity contribution in [2.75, 3.05) is 18.4 Å². The number of benzene rings is 1. The molecule has 2 N–H and O–H groups in total. The van der Waals surface area contributed by atoms with Gasteiger partial charge in [-0.05, 0) is 36.8 Å². The molecule has 0 atom stereocenters. The Bertz CT molecular complexity index is 697. The number of pyridine rings is 1. The van der Waals surface area contributed by atoms with E-state index >= 15 is 0 Å². The minimum Gasteiger partial charge on any atom is -0.370 e. The van der Waals surface area contributed by atoms with E-state index in [-0.39, 0.29) is 5.91 Å². The van der Waals surface area contributed by atoms with Crippen molar-refractivity contribution in [3.8, 4) is 6.07 Å². The maximum atomic E-state index is 13.0. The summed E-state index contributed by atoms with van der Waals surface area (Å²) >= 11 is 0. The van der Waals surface area contributed by atoms with Crippen LogP contribution in [0.2, 0.25) is 0 Å². The maximum Gasteiger partial charge on any atom is 0.251 e. The van der Waals surface area contributed by atoms with Crippen molar-refractivity contribution in [1.82, 2.24) is 10.3 Å². The van der Waals surface area contributed by atoms with Gasteiger partial charge in [-0.3, -0.25) is 4.79 Å². The van der Waals surface area contributed by atoms with Crippen LogP contribution in [0.3, 0.4) is 0 Å². The molecule has 0 saturated carbocycles. The van der Waals surface area contributed by atoms with Crippen LogP contribution in [0.15, 0.2) is 42.5 Å². The van der Waals surface area contributed by atoms with Crippen molar-refractivity contribution >= 4 is 11.7 Å². The van der Waals surface area contributed by atoms with Gasteiger partial charge in [-0.15, -0.1) is 0 Å². The molecule has 0 radical (unpaired) electrons. The van der Waals surface area contributed by atoms with Gasteiger partial charge in [0.1, 0.15) is 23.4 Å². The van der Waals surface area contributed by atoms with E-state index in [1.165, 1.54) is 18.2 Å². The number of rotatable bonds is 6. The zero-order valence-corrected chi connectivity index (χ0v) is 11.8. The Labute approximate surface area is 127 Å². The van der Waals surface area contributed by atoms with Crippen molar-refractivity contribution in [3.63, 3.8) is 0 Å². The molecule has 0 bridgehead atoms. The molecule has 0 unspecified atom stereocenters. The monoisotopic (exact) mass is 298 g/mol. The van der Waals surface area contributed by atoms with Crippen LogP contribution in [0, 0.1) is 17.1 Å². The van der Waals surface area contributed by atoms with Crippen LogP contribution in [0.25, 0.3) is 0 Å². The van der Waals surface area contributed by atoms with Gasteiger partial charge in [-0.25, -0.2) is 9.37 Å². The lowest BCUT2D eigenvalue weighted by Gasteiger charge is -2.07. The first-order chi connectivity index (χ1) is 10.7. The third-order valence-electron chi connectivity index (χ3n) is 2.90. The summed E-state index contributed by atoms with van der Waals surface area (Å²) in [6.45, 7) is 1.06. The molecule has 112 valence electrons. The van der Waals surface area contributed by atoms with Crippen molar-refractivity contribution < 1.29 is 9.18 Å². The summed E-state index contributed by atoms with van der Waals surface area (Å²) in [5.41, 5.74) is 0.653. The molecule has 0 aliphatic heterocycles. The van der Waals surface area contributed by atoms with E-state index in [4.69, 9.17) is 5.26 Å². The van der Waals surface area contributed by atoms with Crippen molar-refractivity contribution in [1.29, 1.82) is 5.26 Å². The van der Waals surface area contributed by atoms with E-state index < -0.39 is 5.82 Å². The second-order valence-electron chi connectivity index (χ2n) is 4.57. The quantitative estimate of drug-likeness (QED) is 0.802. The van der Waals surface area contributed by atoms with Crippen LogP contribution < -0.4 is 10.6 Å². The number of hydrogen-bond donors (Lipinski definition) is 2. The van der Waals surface area contributed by atoms with E-state index in [2.05, 4.69) is 15.6 Å². The number of nitrogens with one attached hydrogen (secondary N) is 2. The van der Waals surface area contributed by atoms with Crippen molar-refractivity contribution in [2.24, 2.45) is 0 Å². The standard InChI is InChI=1S/C16H15FN4O/c17-13-5-1-4-12(10-13)16(22)20-9-3-8-19-15-7-2-6-14(11-18)21-15/h1-2,4-7,10H,3,8-9H2,(H,19,21)(H,20,22). The number of hydrogen-bond acceptors (Lipinski definition) is 4. The SMILES string of the molecule is N#Cc1cccc(NCCCNC(=O)c2cccc(F)c2)n1. The largest absolute Gasteiger partial charge is 0.370 e. The maximum absolute atomic E-state index is 13.0. The predicted molar refractivity (Wildman–Crippen MR) is 80.8 cm³/mol. The minimum absolute atomic E-state index is 0.302. The number of carbonyl (C=O) groups excluding carboxylic acids is 1. The highest BCUT2D eigenvalue weighted by molar-refractivity contribution is 5.94. The minimum atomic E-state index is -0.433. The first kappa shape index (κ1) is 15.4. The first-order valence-electron chi connectivity index (χ1n) is 6.84. The molecule has 22 heavy (non-hydrogen) atoms. The van der Waals surface area contributed by atoms with E-state index in [0.717, 1.165) is 0 Å². The lowest BCUT2D eigenvalue weighted by molar-refractivity contribution is 0.0953. The van der Waals surface area contributed by atoms with Crippen molar-refractivity contribution in [2.45, 2.75) is 6.42 Å². The average molecular weight is 298 g/mol. The van der Waals surface area contributed by atoms with Crippen LogP contribution in [-0.2, 0) is 0 Å². The molecule has 0 spiro atoms. The smallest absolute Gasteiger partial charge is 0.251 e. The molecular weight excluding hydrogens is 283 g/mol. The number of amides is 1. The highest BCUT2D eigenvalue weighted by Crippen LogP contribution is 2.04. The fraction of sp³-hybridized carbons (Fsp3) is 0.188. The van der Waals surface area contributed by atoms with Crippen LogP contribution in [0.1, 0.15) is 22.5 Å². The van der Waals surface area contributed by atoms with Crippen LogP contribution >= 0.6 is 0 Å². The van der Waals surface area contributed by atoms with Gasteiger partial charge in [0.15, 0.2) is 0 Å². The third kappa shape index (κ3) is 4.56. The molecule has 0 fully saturated rings. The highest BCUT2D eigenvalue weighted by atomic mass is 19.1. The Hall–Kier alpha value is -2.94. The van der Waals surface area contributed by atoms with Crippen LogP contribution in [0.4, 0.5) is 10.2 Å². The number of halogens is 1. The highest BCUT2D eigenvalue weighted by Gasteiger charge is 2.05. The van der Waals surface area contributed by atoms with E-state index in [0.29, 0.717) is 36.6 Å². The molecule has 1 aromatic heterocycles. The third-order valence-corrected chi connectivity index (χ3v) is 2.90. The molecule has 0 saturated heterocycles. The Kier molecular flexibility index (Phi) is 5.44. The van der Waals surface area contributed by atoms with Gasteiger partial charge >= 0.3 is 0 Å². The van der Waals surface area contributed by atoms with Gasteiger partial charge in [0.2, 0.25) is 0 Å². The normalized spacial score (nSPS) is 9.82. The van der Waals surface area contributed by atoms with Gasteiger partial charge in [0.25, 0.3) is 5.91 Å². The summed E-state index contributed by atoms with van der Waals surface area (Å²) in [5, 5.41) is 14.5. The zero-order valence-electron chi connectivity index (χ0n) is 11.8. The second-order valence-corrected chi connectivity index (χ2v) is 4.57. The summed E-state index contributed by atoms with van der Waals surface area (Å²) < 4.78 is 13.0. The molecule has 5 nitrogen and oxygen atoms in total. The summed E-state index contributed by atoms with van der Waals surface area (Å²) in [5.74, 6) is -0.114. The molecule has 1 heterocycles.